The van der Waals surface area contributed by atoms with E-state index in [1.807, 2.05) is 0 Å². The van der Waals surface area contributed by atoms with E-state index in [1.165, 1.54) is 0 Å². The summed E-state index contributed by atoms with van der Waals surface area (Å²) in [7, 11) is 0. The third-order valence-corrected chi connectivity index (χ3v) is 1.18. The van der Waals surface area contributed by atoms with E-state index in [1.54, 1.807) is 0 Å². The molecule has 0 aromatic heterocycles. The predicted molar refractivity (Wildman–Crippen MR) is 33.1 cm³/mol. The maximum Gasteiger partial charge on any atom is 0.510 e. The van der Waals surface area contributed by atoms with Crippen molar-refractivity contribution < 1.29 is 55.6 Å². The lowest BCUT2D eigenvalue weighted by atomic mass is 10.2. The minimum absolute atomic E-state index is 2.33. The summed E-state index contributed by atoms with van der Waals surface area (Å²) >= 11 is 0. The molecule has 12 heteroatoms. The van der Waals surface area contributed by atoms with Crippen molar-refractivity contribution in [3.63, 3.8) is 0 Å². The quantitative estimate of drug-likeness (QED) is 0.604. The second-order valence-electron chi connectivity index (χ2n) is 2.35. The van der Waals surface area contributed by atoms with Crippen LogP contribution < -0.4 is 0 Å². The van der Waals surface area contributed by atoms with Crippen molar-refractivity contribution in [1.82, 2.24) is 0 Å². The molecule has 100 valence electrons. The maximum atomic E-state index is 12.8. The van der Waals surface area contributed by atoms with Crippen LogP contribution >= 0.6 is 0 Å². The molecular weight excluding hydrogens is 270 g/mol. The fraction of sp³-hybridized carbons (Fsp3) is 0.600. The summed E-state index contributed by atoms with van der Waals surface area (Å²) in [6, 6.07) is 0. The van der Waals surface area contributed by atoms with Crippen molar-refractivity contribution in [3.05, 3.63) is 0 Å². The molecule has 0 aliphatic rings. The maximum absolute atomic E-state index is 12.8. The van der Waals surface area contributed by atoms with Crippen molar-refractivity contribution >= 4 is 12.3 Å². The highest BCUT2D eigenvalue weighted by Crippen LogP contribution is 2.46. The molecule has 0 amide bonds. The van der Waals surface area contributed by atoms with Gasteiger partial charge in [0.1, 0.15) is 0 Å². The summed E-state index contributed by atoms with van der Waals surface area (Å²) in [5.41, 5.74) is 0. The monoisotopic (exact) mass is 272 g/mol. The fourth-order valence-corrected chi connectivity index (χ4v) is 0.578. The van der Waals surface area contributed by atoms with Crippen LogP contribution in [0.4, 0.5) is 35.9 Å². The number of carboxylic acid groups (broad SMARTS) is 2. The summed E-state index contributed by atoms with van der Waals surface area (Å²) < 4.78 is 78.2. The van der Waals surface area contributed by atoms with E-state index in [0.29, 0.717) is 0 Å². The van der Waals surface area contributed by atoms with Crippen LogP contribution in [0.15, 0.2) is 0 Å². The lowest BCUT2D eigenvalue weighted by molar-refractivity contribution is -0.435. The Morgan fingerprint density at radius 1 is 0.824 bits per heavy atom. The molecule has 0 saturated carbocycles. The van der Waals surface area contributed by atoms with Gasteiger partial charge in [0.25, 0.3) is 0 Å². The lowest BCUT2D eigenvalue weighted by Crippen LogP contribution is -2.59. The Kier molecular flexibility index (Phi) is 3.72. The van der Waals surface area contributed by atoms with Crippen LogP contribution in [0.3, 0.4) is 0 Å². The minimum atomic E-state index is -6.55. The number of hydrogen-bond donors (Lipinski definition) is 2. The van der Waals surface area contributed by atoms with E-state index < -0.39 is 30.5 Å². The van der Waals surface area contributed by atoms with Gasteiger partial charge < -0.3 is 19.7 Å². The van der Waals surface area contributed by atoms with Gasteiger partial charge in [0.2, 0.25) is 0 Å². The molecule has 17 heavy (non-hydrogen) atoms. The predicted octanol–water partition coefficient (Wildman–Crippen LogP) is 2.20. The van der Waals surface area contributed by atoms with Gasteiger partial charge >= 0.3 is 30.5 Å². The molecule has 0 aromatic rings. The second kappa shape index (κ2) is 4.18. The van der Waals surface area contributed by atoms with E-state index in [0.717, 1.165) is 0 Å². The summed E-state index contributed by atoms with van der Waals surface area (Å²) in [5, 5.41) is 15.4. The molecular formula is C5H2F6O6. The smallest absolute Gasteiger partial charge is 0.450 e. The van der Waals surface area contributed by atoms with Gasteiger partial charge in [0, 0.05) is 0 Å². The Labute approximate surface area is 87.3 Å². The van der Waals surface area contributed by atoms with E-state index >= 15 is 0 Å². The first-order valence-electron chi connectivity index (χ1n) is 3.31. The van der Waals surface area contributed by atoms with Crippen molar-refractivity contribution in [2.75, 3.05) is 0 Å². The standard InChI is InChI=1S/C5H2F6O6/c6-3(4(7,8)9,16-1(12)13)5(10,11)17-2(14)15/h(H,12,13)(H,14,15). The molecule has 0 aliphatic heterocycles. The molecule has 0 radical (unpaired) electrons. The molecule has 0 rings (SSSR count). The summed E-state index contributed by atoms with van der Waals surface area (Å²) in [6.45, 7) is 0. The van der Waals surface area contributed by atoms with Gasteiger partial charge in [-0.1, -0.05) is 0 Å². The molecule has 0 bridgehead atoms. The van der Waals surface area contributed by atoms with Gasteiger partial charge in [-0.15, -0.1) is 0 Å². The second-order valence-corrected chi connectivity index (χ2v) is 2.35. The van der Waals surface area contributed by atoms with Crippen LogP contribution in [0.2, 0.25) is 0 Å². The largest absolute Gasteiger partial charge is 0.510 e. The third kappa shape index (κ3) is 3.04. The highest BCUT2D eigenvalue weighted by atomic mass is 19.4. The van der Waals surface area contributed by atoms with Crippen LogP contribution in [-0.4, -0.2) is 40.7 Å². The van der Waals surface area contributed by atoms with Gasteiger partial charge in [0.05, 0.1) is 0 Å². The lowest BCUT2D eigenvalue weighted by Gasteiger charge is -2.30. The minimum Gasteiger partial charge on any atom is -0.450 e. The molecule has 1 unspecified atom stereocenters. The Hall–Kier alpha value is -1.88. The van der Waals surface area contributed by atoms with E-state index in [2.05, 4.69) is 9.47 Å². The van der Waals surface area contributed by atoms with Crippen LogP contribution in [0.1, 0.15) is 0 Å². The van der Waals surface area contributed by atoms with Gasteiger partial charge in [-0.25, -0.2) is 9.59 Å². The molecule has 0 aromatic carbocycles. The normalized spacial score (nSPS) is 15.9. The van der Waals surface area contributed by atoms with E-state index in [-0.39, 0.29) is 0 Å². The van der Waals surface area contributed by atoms with Crippen molar-refractivity contribution in [1.29, 1.82) is 0 Å². The van der Waals surface area contributed by atoms with Gasteiger partial charge in [-0.3, -0.25) is 0 Å². The molecule has 0 aliphatic carbocycles. The third-order valence-electron chi connectivity index (χ3n) is 1.18. The fourth-order valence-electron chi connectivity index (χ4n) is 0.578. The summed E-state index contributed by atoms with van der Waals surface area (Å²) in [4.78, 5) is 19.3. The van der Waals surface area contributed by atoms with Gasteiger partial charge in [-0.2, -0.15) is 26.3 Å². The first kappa shape index (κ1) is 15.1. The van der Waals surface area contributed by atoms with Crippen LogP contribution in [0, 0.1) is 0 Å². The summed E-state index contributed by atoms with van der Waals surface area (Å²) in [5.74, 6) is -6.15. The molecule has 0 fully saturated rings. The Morgan fingerprint density at radius 2 is 1.18 bits per heavy atom. The highest BCUT2D eigenvalue weighted by Gasteiger charge is 2.78. The number of alkyl halides is 6. The Bertz CT molecular complexity index is 325. The Balaban J connectivity index is 5.46. The molecule has 2 N–H and O–H groups in total. The van der Waals surface area contributed by atoms with Gasteiger partial charge in [0.15, 0.2) is 0 Å². The van der Waals surface area contributed by atoms with Crippen molar-refractivity contribution in [2.45, 2.75) is 18.1 Å². The van der Waals surface area contributed by atoms with E-state index in [4.69, 9.17) is 10.2 Å². The number of hydrogen-bond acceptors (Lipinski definition) is 4. The average Bonchev–Trinajstić information content (AvgIpc) is 1.96. The Morgan fingerprint density at radius 3 is 1.41 bits per heavy atom. The van der Waals surface area contributed by atoms with Crippen LogP contribution in [-0.2, 0) is 9.47 Å². The first-order chi connectivity index (χ1) is 7.33. The van der Waals surface area contributed by atoms with Crippen LogP contribution in [0.25, 0.3) is 0 Å². The number of ether oxygens (including phenoxy) is 2. The van der Waals surface area contributed by atoms with Gasteiger partial charge in [-0.05, 0) is 0 Å². The molecule has 0 saturated heterocycles. The average molecular weight is 272 g/mol. The zero-order valence-corrected chi connectivity index (χ0v) is 7.30. The molecule has 1 atom stereocenters. The summed E-state index contributed by atoms with van der Waals surface area (Å²) in [6.07, 6.45) is -18.7. The SMILES string of the molecule is O=C(O)OC(F)(F)C(F)(OC(=O)O)C(F)(F)F. The molecule has 0 heterocycles. The zero-order valence-electron chi connectivity index (χ0n) is 7.30. The zero-order chi connectivity index (χ0) is 14.1. The van der Waals surface area contributed by atoms with E-state index in [9.17, 15) is 35.9 Å². The number of carbonyl (C=O) groups is 2. The first-order valence-corrected chi connectivity index (χ1v) is 3.31. The highest BCUT2D eigenvalue weighted by molar-refractivity contribution is 5.59. The molecule has 6 nitrogen and oxygen atoms in total. The molecule has 0 spiro atoms. The van der Waals surface area contributed by atoms with Crippen molar-refractivity contribution in [2.24, 2.45) is 0 Å². The number of halogens is 6. The van der Waals surface area contributed by atoms with Crippen LogP contribution in [0.5, 0.6) is 0 Å². The number of rotatable bonds is 3. The van der Waals surface area contributed by atoms with Crippen molar-refractivity contribution in [3.8, 4) is 0 Å². The topological polar surface area (TPSA) is 93.1 Å².